The van der Waals surface area contributed by atoms with Crippen LogP contribution in [0.2, 0.25) is 0 Å². The highest BCUT2D eigenvalue weighted by molar-refractivity contribution is 5.84. The van der Waals surface area contributed by atoms with Gasteiger partial charge in [0.05, 0.1) is 17.6 Å². The van der Waals surface area contributed by atoms with Crippen molar-refractivity contribution in [1.29, 1.82) is 0 Å². The quantitative estimate of drug-likeness (QED) is 0.736. The molecule has 0 spiro atoms. The van der Waals surface area contributed by atoms with E-state index in [1.165, 1.54) is 0 Å². The number of rotatable bonds is 2. The van der Waals surface area contributed by atoms with Crippen LogP contribution < -0.4 is 0 Å². The fourth-order valence-corrected chi connectivity index (χ4v) is 2.05. The maximum absolute atomic E-state index is 10.4. The first-order valence-corrected chi connectivity index (χ1v) is 5.63. The first-order chi connectivity index (χ1) is 8.77. The summed E-state index contributed by atoms with van der Waals surface area (Å²) in [6.07, 6.45) is 2.43. The first kappa shape index (κ1) is 10.9. The Morgan fingerprint density at radius 3 is 2.83 bits per heavy atom. The molecule has 0 saturated heterocycles. The maximum Gasteiger partial charge on any atom is 0.140 e. The van der Waals surface area contributed by atoms with E-state index < -0.39 is 6.10 Å². The Morgan fingerprint density at radius 1 is 1.22 bits per heavy atom. The summed E-state index contributed by atoms with van der Waals surface area (Å²) in [6.45, 7) is 0. The highest BCUT2D eigenvalue weighted by atomic mass is 16.3. The molecular weight excluding hydrogens is 228 g/mol. The van der Waals surface area contributed by atoms with Gasteiger partial charge in [0.25, 0.3) is 0 Å². The highest BCUT2D eigenvalue weighted by Gasteiger charge is 2.18. The molecule has 0 amide bonds. The zero-order valence-corrected chi connectivity index (χ0v) is 9.85. The van der Waals surface area contributed by atoms with Crippen molar-refractivity contribution in [2.24, 2.45) is 7.05 Å². The van der Waals surface area contributed by atoms with Crippen molar-refractivity contribution in [3.8, 4) is 0 Å². The van der Waals surface area contributed by atoms with Gasteiger partial charge in [0.15, 0.2) is 0 Å². The van der Waals surface area contributed by atoms with E-state index in [-0.39, 0.29) is 0 Å². The number of fused-ring (bicyclic) bond motifs is 1. The molecule has 0 aliphatic heterocycles. The minimum Gasteiger partial charge on any atom is -0.380 e. The molecule has 1 N–H and O–H groups in total. The molecule has 1 aromatic carbocycles. The third-order valence-corrected chi connectivity index (χ3v) is 2.99. The predicted octanol–water partition coefficient (Wildman–Crippen LogP) is 1.44. The number of aryl methyl sites for hydroxylation is 1. The third-order valence-electron chi connectivity index (χ3n) is 2.99. The molecule has 3 aromatic rings. The third kappa shape index (κ3) is 1.65. The van der Waals surface area contributed by atoms with Crippen LogP contribution in [0, 0.1) is 0 Å². The molecule has 2 heterocycles. The summed E-state index contributed by atoms with van der Waals surface area (Å²) in [5, 5.41) is 20.0. The van der Waals surface area contributed by atoms with E-state index in [9.17, 15) is 5.11 Å². The molecule has 5 nitrogen and oxygen atoms in total. The maximum atomic E-state index is 10.4. The van der Waals surface area contributed by atoms with E-state index in [1.54, 1.807) is 24.1 Å². The van der Waals surface area contributed by atoms with Crippen molar-refractivity contribution in [3.63, 3.8) is 0 Å². The SMILES string of the molecule is Cn1nncc1C(O)c1nccc2ccccc12. The standard InChI is InChI=1S/C13H12N4O/c1-17-11(8-15-16-17)13(18)12-10-5-3-2-4-9(10)6-7-14-12/h2-8,13,18H,1H3. The van der Waals surface area contributed by atoms with Gasteiger partial charge >= 0.3 is 0 Å². The average Bonchev–Trinajstić information content (AvgIpc) is 2.83. The average molecular weight is 240 g/mol. The second-order valence-electron chi connectivity index (χ2n) is 4.10. The van der Waals surface area contributed by atoms with Crippen molar-refractivity contribution in [3.05, 3.63) is 54.1 Å². The van der Waals surface area contributed by atoms with Gasteiger partial charge in [-0.25, -0.2) is 4.68 Å². The normalized spacial score (nSPS) is 12.8. The second-order valence-corrected chi connectivity index (χ2v) is 4.10. The smallest absolute Gasteiger partial charge is 0.140 e. The molecule has 2 aromatic heterocycles. The van der Waals surface area contributed by atoms with Gasteiger partial charge in [-0.3, -0.25) is 4.98 Å². The van der Waals surface area contributed by atoms with Crippen LogP contribution in [0.15, 0.2) is 42.7 Å². The van der Waals surface area contributed by atoms with Gasteiger partial charge in [0.1, 0.15) is 6.10 Å². The van der Waals surface area contributed by atoms with E-state index in [0.29, 0.717) is 11.4 Å². The van der Waals surface area contributed by atoms with E-state index in [4.69, 9.17) is 0 Å². The summed E-state index contributed by atoms with van der Waals surface area (Å²) >= 11 is 0. The number of aliphatic hydroxyl groups excluding tert-OH is 1. The molecule has 5 heteroatoms. The molecule has 0 saturated carbocycles. The molecule has 0 aliphatic rings. The van der Waals surface area contributed by atoms with Crippen LogP contribution in [-0.2, 0) is 7.05 Å². The Bertz CT molecular complexity index is 687. The number of aromatic nitrogens is 4. The van der Waals surface area contributed by atoms with E-state index in [2.05, 4.69) is 15.3 Å². The number of hydrogen-bond acceptors (Lipinski definition) is 4. The van der Waals surface area contributed by atoms with Crippen LogP contribution in [-0.4, -0.2) is 25.1 Å². The minimum absolute atomic E-state index is 0.624. The lowest BCUT2D eigenvalue weighted by Gasteiger charge is -2.12. The first-order valence-electron chi connectivity index (χ1n) is 5.63. The molecule has 0 radical (unpaired) electrons. The zero-order chi connectivity index (χ0) is 12.5. The number of benzene rings is 1. The molecule has 1 atom stereocenters. The zero-order valence-electron chi connectivity index (χ0n) is 9.85. The van der Waals surface area contributed by atoms with Crippen LogP contribution >= 0.6 is 0 Å². The molecular formula is C13H12N4O. The van der Waals surface area contributed by atoms with Gasteiger partial charge in [-0.15, -0.1) is 5.10 Å². The lowest BCUT2D eigenvalue weighted by atomic mass is 10.1. The van der Waals surface area contributed by atoms with Crippen LogP contribution in [0.3, 0.4) is 0 Å². The summed E-state index contributed by atoms with van der Waals surface area (Å²) in [6, 6.07) is 9.76. The summed E-state index contributed by atoms with van der Waals surface area (Å²) in [7, 11) is 1.75. The number of hydrogen-bond donors (Lipinski definition) is 1. The Balaban J connectivity index is 2.18. The summed E-state index contributed by atoms with van der Waals surface area (Å²) in [4.78, 5) is 4.28. The number of pyridine rings is 1. The van der Waals surface area contributed by atoms with Gasteiger partial charge in [0.2, 0.25) is 0 Å². The molecule has 90 valence electrons. The monoisotopic (exact) mass is 240 g/mol. The van der Waals surface area contributed by atoms with Gasteiger partial charge in [-0.2, -0.15) is 0 Å². The fourth-order valence-electron chi connectivity index (χ4n) is 2.05. The largest absolute Gasteiger partial charge is 0.380 e. The Hall–Kier alpha value is -2.27. The molecule has 0 fully saturated rings. The highest BCUT2D eigenvalue weighted by Crippen LogP contribution is 2.25. The molecule has 18 heavy (non-hydrogen) atoms. The lowest BCUT2D eigenvalue weighted by molar-refractivity contribution is 0.206. The summed E-state index contributed by atoms with van der Waals surface area (Å²) in [5.41, 5.74) is 1.25. The predicted molar refractivity (Wildman–Crippen MR) is 66.8 cm³/mol. The van der Waals surface area contributed by atoms with Crippen molar-refractivity contribution in [2.75, 3.05) is 0 Å². The number of aliphatic hydroxyl groups is 1. The second kappa shape index (κ2) is 4.19. The van der Waals surface area contributed by atoms with Crippen molar-refractivity contribution in [1.82, 2.24) is 20.0 Å². The molecule has 1 unspecified atom stereocenters. The van der Waals surface area contributed by atoms with Crippen LogP contribution in [0.1, 0.15) is 17.5 Å². The summed E-state index contributed by atoms with van der Waals surface area (Å²) < 4.78 is 1.55. The Labute approximate surface area is 104 Å². The van der Waals surface area contributed by atoms with Gasteiger partial charge in [-0.1, -0.05) is 29.5 Å². The van der Waals surface area contributed by atoms with Crippen LogP contribution in [0.5, 0.6) is 0 Å². The van der Waals surface area contributed by atoms with E-state index >= 15 is 0 Å². The Kier molecular flexibility index (Phi) is 2.53. The van der Waals surface area contributed by atoms with Gasteiger partial charge in [0, 0.05) is 18.6 Å². The van der Waals surface area contributed by atoms with Crippen molar-refractivity contribution >= 4 is 10.8 Å². The number of nitrogens with zero attached hydrogens (tertiary/aromatic N) is 4. The lowest BCUT2D eigenvalue weighted by Crippen LogP contribution is -2.08. The van der Waals surface area contributed by atoms with Gasteiger partial charge < -0.3 is 5.11 Å². The van der Waals surface area contributed by atoms with E-state index in [1.807, 2.05) is 30.3 Å². The van der Waals surface area contributed by atoms with Crippen LogP contribution in [0.25, 0.3) is 10.8 Å². The van der Waals surface area contributed by atoms with Gasteiger partial charge in [-0.05, 0) is 11.5 Å². The van der Waals surface area contributed by atoms with Crippen LogP contribution in [0.4, 0.5) is 0 Å². The van der Waals surface area contributed by atoms with E-state index in [0.717, 1.165) is 10.8 Å². The minimum atomic E-state index is -0.823. The Morgan fingerprint density at radius 2 is 2.06 bits per heavy atom. The summed E-state index contributed by atoms with van der Waals surface area (Å²) in [5.74, 6) is 0. The molecule has 0 bridgehead atoms. The van der Waals surface area contributed by atoms with Crippen molar-refractivity contribution < 1.29 is 5.11 Å². The van der Waals surface area contributed by atoms with Crippen molar-refractivity contribution in [2.45, 2.75) is 6.10 Å². The fraction of sp³-hybridized carbons (Fsp3) is 0.154. The molecule has 0 aliphatic carbocycles. The molecule has 3 rings (SSSR count). The topological polar surface area (TPSA) is 63.8 Å².